The van der Waals surface area contributed by atoms with Gasteiger partial charge in [0.1, 0.15) is 18.1 Å². The van der Waals surface area contributed by atoms with E-state index in [1.165, 1.54) is 16.8 Å². The van der Waals surface area contributed by atoms with Gasteiger partial charge in [-0.3, -0.25) is 9.59 Å². The third kappa shape index (κ3) is 4.57. The lowest BCUT2D eigenvalue weighted by molar-refractivity contribution is 0.101. The Morgan fingerprint density at radius 1 is 1.08 bits per heavy atom. The molecule has 0 radical (unpaired) electrons. The van der Waals surface area contributed by atoms with Gasteiger partial charge in [-0.2, -0.15) is 5.10 Å². The van der Waals surface area contributed by atoms with Crippen molar-refractivity contribution in [3.8, 4) is 5.75 Å². The molecule has 0 bridgehead atoms. The summed E-state index contributed by atoms with van der Waals surface area (Å²) in [6.45, 7) is 2.47. The van der Waals surface area contributed by atoms with Crippen molar-refractivity contribution in [1.82, 2.24) is 9.78 Å². The van der Waals surface area contributed by atoms with Gasteiger partial charge in [0.05, 0.1) is 6.54 Å². The summed E-state index contributed by atoms with van der Waals surface area (Å²) in [5, 5.41) is 6.91. The molecule has 1 amide bonds. The molecule has 0 saturated heterocycles. The van der Waals surface area contributed by atoms with Crippen LogP contribution in [-0.2, 0) is 6.54 Å². The molecule has 0 aliphatic rings. The Balaban J connectivity index is 1.66. The Morgan fingerprint density at radius 2 is 1.88 bits per heavy atom. The molecule has 6 nitrogen and oxygen atoms in total. The van der Waals surface area contributed by atoms with Gasteiger partial charge < -0.3 is 10.1 Å². The third-order valence-electron chi connectivity index (χ3n) is 3.69. The van der Waals surface area contributed by atoms with Crippen molar-refractivity contribution in [2.45, 2.75) is 13.5 Å². The van der Waals surface area contributed by atoms with Crippen LogP contribution in [0.25, 0.3) is 0 Å². The maximum atomic E-state index is 12.4. The first-order valence-corrected chi connectivity index (χ1v) is 8.26. The minimum Gasteiger partial charge on any atom is -0.492 e. The van der Waals surface area contributed by atoms with Gasteiger partial charge in [0.25, 0.3) is 11.5 Å². The largest absolute Gasteiger partial charge is 0.492 e. The molecule has 0 aliphatic carbocycles. The molecular formula is C20H19N3O3. The van der Waals surface area contributed by atoms with E-state index in [9.17, 15) is 9.59 Å². The highest BCUT2D eigenvalue weighted by Gasteiger charge is 2.10. The van der Waals surface area contributed by atoms with E-state index in [0.29, 0.717) is 11.4 Å². The van der Waals surface area contributed by atoms with E-state index in [1.807, 2.05) is 55.5 Å². The van der Waals surface area contributed by atoms with Crippen molar-refractivity contribution in [2.75, 3.05) is 11.9 Å². The Labute approximate surface area is 151 Å². The van der Waals surface area contributed by atoms with Crippen molar-refractivity contribution in [2.24, 2.45) is 0 Å². The minimum atomic E-state index is -0.367. The highest BCUT2D eigenvalue weighted by Crippen LogP contribution is 2.11. The second kappa shape index (κ2) is 8.11. The third-order valence-corrected chi connectivity index (χ3v) is 3.69. The Morgan fingerprint density at radius 3 is 2.65 bits per heavy atom. The van der Waals surface area contributed by atoms with E-state index in [4.69, 9.17) is 4.74 Å². The fourth-order valence-corrected chi connectivity index (χ4v) is 2.41. The zero-order valence-corrected chi connectivity index (χ0v) is 14.4. The molecule has 0 saturated carbocycles. The minimum absolute atomic E-state index is 0.172. The van der Waals surface area contributed by atoms with Crippen LogP contribution in [0.4, 0.5) is 5.69 Å². The van der Waals surface area contributed by atoms with Gasteiger partial charge in [-0.05, 0) is 42.8 Å². The number of carbonyl (C=O) groups is 1. The van der Waals surface area contributed by atoms with Crippen molar-refractivity contribution in [1.29, 1.82) is 0 Å². The number of nitrogens with one attached hydrogen (secondary N) is 1. The number of anilines is 1. The molecular weight excluding hydrogens is 330 g/mol. The van der Waals surface area contributed by atoms with Gasteiger partial charge in [0.2, 0.25) is 0 Å². The number of hydrogen-bond acceptors (Lipinski definition) is 4. The molecule has 1 aromatic heterocycles. The molecule has 0 spiro atoms. The normalized spacial score (nSPS) is 10.3. The number of amides is 1. The molecule has 0 unspecified atom stereocenters. The molecule has 1 heterocycles. The monoisotopic (exact) mass is 349 g/mol. The number of aryl methyl sites for hydroxylation is 1. The summed E-state index contributed by atoms with van der Waals surface area (Å²) in [6, 6.07) is 19.5. The summed E-state index contributed by atoms with van der Waals surface area (Å²) >= 11 is 0. The summed E-state index contributed by atoms with van der Waals surface area (Å²) in [4.78, 5) is 24.3. The first-order chi connectivity index (χ1) is 12.6. The molecule has 0 atom stereocenters. The average molecular weight is 349 g/mol. The zero-order valence-electron chi connectivity index (χ0n) is 14.4. The van der Waals surface area contributed by atoms with Crippen LogP contribution in [0.1, 0.15) is 16.1 Å². The molecule has 26 heavy (non-hydrogen) atoms. The fraction of sp³-hybridized carbons (Fsp3) is 0.150. The first kappa shape index (κ1) is 17.4. The predicted octanol–water partition coefficient (Wildman–Crippen LogP) is 2.88. The summed E-state index contributed by atoms with van der Waals surface area (Å²) in [6.07, 6.45) is 0. The van der Waals surface area contributed by atoms with Crippen LogP contribution in [0.3, 0.4) is 0 Å². The number of rotatable bonds is 6. The van der Waals surface area contributed by atoms with Gasteiger partial charge >= 0.3 is 0 Å². The van der Waals surface area contributed by atoms with Crippen LogP contribution in [0.5, 0.6) is 5.75 Å². The molecule has 1 N–H and O–H groups in total. The lowest BCUT2D eigenvalue weighted by Gasteiger charge is -2.09. The van der Waals surface area contributed by atoms with E-state index in [2.05, 4.69) is 10.4 Å². The topological polar surface area (TPSA) is 73.2 Å². The van der Waals surface area contributed by atoms with E-state index in [-0.39, 0.29) is 30.3 Å². The number of carbonyl (C=O) groups excluding carboxylic acids is 1. The summed E-state index contributed by atoms with van der Waals surface area (Å²) in [5.74, 6) is 0.349. The van der Waals surface area contributed by atoms with Gasteiger partial charge in [-0.15, -0.1) is 0 Å². The number of nitrogens with zero attached hydrogens (tertiary/aromatic N) is 2. The zero-order chi connectivity index (χ0) is 18.4. The Bertz CT molecular complexity index is 952. The second-order valence-corrected chi connectivity index (χ2v) is 5.77. The number of ether oxygens (including phenoxy) is 1. The lowest BCUT2D eigenvalue weighted by Crippen LogP contribution is -2.28. The lowest BCUT2D eigenvalue weighted by atomic mass is 10.2. The Kier molecular flexibility index (Phi) is 5.43. The highest BCUT2D eigenvalue weighted by molar-refractivity contribution is 6.02. The second-order valence-electron chi connectivity index (χ2n) is 5.77. The van der Waals surface area contributed by atoms with E-state index in [1.54, 1.807) is 6.07 Å². The molecule has 132 valence electrons. The van der Waals surface area contributed by atoms with E-state index in [0.717, 1.165) is 5.56 Å². The number of hydrogen-bond donors (Lipinski definition) is 1. The van der Waals surface area contributed by atoms with Crippen LogP contribution in [-0.4, -0.2) is 22.3 Å². The molecule has 3 aromatic rings. The molecule has 0 aliphatic heterocycles. The average Bonchev–Trinajstić information content (AvgIpc) is 2.64. The standard InChI is InChI=1S/C20H19N3O3/c1-15-6-5-7-16(14-15)21-20(25)18-10-11-19(24)23(22-18)12-13-26-17-8-3-2-4-9-17/h2-11,14H,12-13H2,1H3,(H,21,25). The van der Waals surface area contributed by atoms with Gasteiger partial charge in [-0.25, -0.2) is 4.68 Å². The van der Waals surface area contributed by atoms with Gasteiger partial charge in [0, 0.05) is 11.8 Å². The predicted molar refractivity (Wildman–Crippen MR) is 99.6 cm³/mol. The van der Waals surface area contributed by atoms with Crippen LogP contribution >= 0.6 is 0 Å². The van der Waals surface area contributed by atoms with Crippen LogP contribution in [0.2, 0.25) is 0 Å². The summed E-state index contributed by atoms with van der Waals surface area (Å²) in [5.41, 5.74) is 1.61. The van der Waals surface area contributed by atoms with Crippen LogP contribution in [0.15, 0.2) is 71.5 Å². The van der Waals surface area contributed by atoms with Crippen molar-refractivity contribution in [3.05, 3.63) is 88.3 Å². The first-order valence-electron chi connectivity index (χ1n) is 8.26. The van der Waals surface area contributed by atoms with E-state index >= 15 is 0 Å². The summed E-state index contributed by atoms with van der Waals surface area (Å²) < 4.78 is 6.80. The molecule has 6 heteroatoms. The van der Waals surface area contributed by atoms with Gasteiger partial charge in [-0.1, -0.05) is 30.3 Å². The molecule has 3 rings (SSSR count). The quantitative estimate of drug-likeness (QED) is 0.743. The van der Waals surface area contributed by atoms with E-state index < -0.39 is 0 Å². The molecule has 2 aromatic carbocycles. The van der Waals surface area contributed by atoms with Crippen LogP contribution < -0.4 is 15.6 Å². The maximum absolute atomic E-state index is 12.4. The number of para-hydroxylation sites is 1. The maximum Gasteiger partial charge on any atom is 0.276 e. The molecule has 0 fully saturated rings. The van der Waals surface area contributed by atoms with Crippen molar-refractivity contribution >= 4 is 11.6 Å². The van der Waals surface area contributed by atoms with Crippen molar-refractivity contribution < 1.29 is 9.53 Å². The van der Waals surface area contributed by atoms with Crippen molar-refractivity contribution in [3.63, 3.8) is 0 Å². The SMILES string of the molecule is Cc1cccc(NC(=O)c2ccc(=O)n(CCOc3ccccc3)n2)c1. The van der Waals surface area contributed by atoms with Gasteiger partial charge in [0.15, 0.2) is 0 Å². The Hall–Kier alpha value is -3.41. The highest BCUT2D eigenvalue weighted by atomic mass is 16.5. The summed E-state index contributed by atoms with van der Waals surface area (Å²) in [7, 11) is 0. The number of aromatic nitrogens is 2. The van der Waals surface area contributed by atoms with Crippen LogP contribution in [0, 0.1) is 6.92 Å². The smallest absolute Gasteiger partial charge is 0.276 e. The fourth-order valence-electron chi connectivity index (χ4n) is 2.41. The number of benzene rings is 2.